The van der Waals surface area contributed by atoms with Gasteiger partial charge in [-0.3, -0.25) is 4.79 Å². The van der Waals surface area contributed by atoms with Gasteiger partial charge in [-0.15, -0.1) is 0 Å². The summed E-state index contributed by atoms with van der Waals surface area (Å²) in [6.45, 7) is 0.192. The van der Waals surface area contributed by atoms with E-state index in [0.29, 0.717) is 5.57 Å². The highest BCUT2D eigenvalue weighted by Gasteiger charge is 2.16. The molecule has 4 N–H and O–H groups in total. The molecular weight excluding hydrogens is 289 g/mol. The second kappa shape index (κ2) is 6.70. The molecule has 0 aliphatic carbocycles. The van der Waals surface area contributed by atoms with Crippen molar-refractivity contribution in [1.29, 1.82) is 0 Å². The van der Waals surface area contributed by atoms with Crippen molar-refractivity contribution in [2.24, 2.45) is 12.8 Å². The highest BCUT2D eigenvalue weighted by molar-refractivity contribution is 5.94. The summed E-state index contributed by atoms with van der Waals surface area (Å²) in [6, 6.07) is 1.07. The Kier molecular flexibility index (Phi) is 4.72. The number of nitrogens with two attached hydrogens (primary N) is 1. The van der Waals surface area contributed by atoms with Crippen molar-refractivity contribution in [2.45, 2.75) is 0 Å². The van der Waals surface area contributed by atoms with Crippen molar-refractivity contribution in [1.82, 2.24) is 15.3 Å². The fraction of sp³-hybridized carbons (Fsp3) is 0.214. The van der Waals surface area contributed by atoms with Gasteiger partial charge in [-0.05, 0) is 6.07 Å². The molecule has 0 bridgehead atoms. The fourth-order valence-corrected chi connectivity index (χ4v) is 1.92. The lowest BCUT2D eigenvalue weighted by Crippen LogP contribution is -2.34. The molecule has 2 aromatic rings. The number of aromatic nitrogens is 3. The molecule has 0 spiro atoms. The number of carbonyl (C=O) groups excluding carboxylic acids is 1. The number of carbonyl (C=O) groups is 1. The van der Waals surface area contributed by atoms with Crippen LogP contribution < -0.4 is 20.4 Å². The lowest BCUT2D eigenvalue weighted by atomic mass is 10.2. The number of nitrogens with one attached hydrogen (secondary N) is 2. The van der Waals surface area contributed by atoms with Crippen molar-refractivity contribution in [3.8, 4) is 5.88 Å². The molecule has 2 rings (SSSR count). The third kappa shape index (κ3) is 3.22. The highest BCUT2D eigenvalue weighted by Crippen LogP contribution is 2.14. The van der Waals surface area contributed by atoms with Gasteiger partial charge in [0, 0.05) is 12.4 Å². The SMILES string of the molecule is COc1ncc(C(=O)NC/C(=C/N)c2[nH]cc[n+]2C)cc1F. The Morgan fingerprint density at radius 2 is 2.41 bits per heavy atom. The molecule has 0 aromatic carbocycles. The summed E-state index contributed by atoms with van der Waals surface area (Å²) in [6.07, 6.45) is 6.23. The fourth-order valence-electron chi connectivity index (χ4n) is 1.92. The molecule has 2 heterocycles. The molecule has 22 heavy (non-hydrogen) atoms. The average molecular weight is 306 g/mol. The number of amides is 1. The van der Waals surface area contributed by atoms with Crippen LogP contribution in [-0.2, 0) is 7.05 Å². The van der Waals surface area contributed by atoms with Crippen LogP contribution in [-0.4, -0.2) is 29.5 Å². The maximum Gasteiger partial charge on any atom is 0.285 e. The lowest BCUT2D eigenvalue weighted by molar-refractivity contribution is -0.672. The quantitative estimate of drug-likeness (QED) is 0.683. The first-order valence-corrected chi connectivity index (χ1v) is 6.48. The molecule has 0 aliphatic heterocycles. The predicted octanol–water partition coefficient (Wildman–Crippen LogP) is 0.111. The number of nitrogens with zero attached hydrogens (tertiary/aromatic N) is 2. The van der Waals surface area contributed by atoms with Gasteiger partial charge in [0.1, 0.15) is 12.4 Å². The van der Waals surface area contributed by atoms with E-state index in [-0.39, 0.29) is 18.0 Å². The van der Waals surface area contributed by atoms with Crippen molar-refractivity contribution in [3.63, 3.8) is 0 Å². The number of ether oxygens (including phenoxy) is 1. The standard InChI is InChI=1S/C14H16FN5O2/c1-20-4-3-17-12(20)10(6-16)8-18-13(21)9-5-11(15)14(22-2)19-7-9/h3-7H,8H2,1-2H3,(H3,16,17,18,21)/p+1. The number of imidazole rings is 1. The Bertz CT molecular complexity index is 711. The number of aryl methyl sites for hydroxylation is 1. The lowest BCUT2D eigenvalue weighted by Gasteiger charge is -2.07. The third-order valence-electron chi connectivity index (χ3n) is 3.08. The first-order chi connectivity index (χ1) is 10.6. The summed E-state index contributed by atoms with van der Waals surface area (Å²) < 4.78 is 20.1. The summed E-state index contributed by atoms with van der Waals surface area (Å²) in [5.41, 5.74) is 6.38. The summed E-state index contributed by atoms with van der Waals surface area (Å²) in [5.74, 6) is -0.539. The normalized spacial score (nSPS) is 11.3. The molecule has 1 amide bonds. The van der Waals surface area contributed by atoms with Crippen LogP contribution in [0, 0.1) is 5.82 Å². The zero-order chi connectivity index (χ0) is 16.1. The first-order valence-electron chi connectivity index (χ1n) is 6.48. The summed E-state index contributed by atoms with van der Waals surface area (Å²) in [4.78, 5) is 18.8. The molecule has 0 fully saturated rings. The van der Waals surface area contributed by atoms with Gasteiger partial charge in [-0.1, -0.05) is 0 Å². The second-order valence-electron chi connectivity index (χ2n) is 4.51. The number of halogens is 1. The molecule has 0 saturated carbocycles. The van der Waals surface area contributed by atoms with Gasteiger partial charge in [-0.25, -0.2) is 18.9 Å². The molecule has 7 nitrogen and oxygen atoms in total. The molecular formula is C14H17FN5O2+. The Morgan fingerprint density at radius 3 is 2.95 bits per heavy atom. The number of H-pyrrole nitrogens is 1. The molecule has 0 radical (unpaired) electrons. The van der Waals surface area contributed by atoms with Crippen molar-refractivity contribution < 1.29 is 18.5 Å². The predicted molar refractivity (Wildman–Crippen MR) is 77.2 cm³/mol. The molecule has 8 heteroatoms. The number of pyridine rings is 1. The minimum Gasteiger partial charge on any atom is -0.479 e. The topological polar surface area (TPSA) is 96.9 Å². The number of hydrogen-bond donors (Lipinski definition) is 3. The largest absolute Gasteiger partial charge is 0.479 e. The van der Waals surface area contributed by atoms with Crippen LogP contribution in [0.3, 0.4) is 0 Å². The van der Waals surface area contributed by atoms with E-state index >= 15 is 0 Å². The minimum absolute atomic E-state index is 0.102. The van der Waals surface area contributed by atoms with E-state index in [9.17, 15) is 9.18 Å². The van der Waals surface area contributed by atoms with E-state index in [1.54, 1.807) is 6.20 Å². The van der Waals surface area contributed by atoms with Crippen LogP contribution in [0.5, 0.6) is 5.88 Å². The minimum atomic E-state index is -0.694. The first kappa shape index (κ1) is 15.5. The van der Waals surface area contributed by atoms with Gasteiger partial charge in [0.05, 0.1) is 31.8 Å². The average Bonchev–Trinajstić information content (AvgIpc) is 2.94. The zero-order valence-corrected chi connectivity index (χ0v) is 12.3. The van der Waals surface area contributed by atoms with Crippen molar-refractivity contribution >= 4 is 11.5 Å². The van der Waals surface area contributed by atoms with Crippen LogP contribution in [0.1, 0.15) is 16.2 Å². The molecule has 2 aromatic heterocycles. The van der Waals surface area contributed by atoms with Gasteiger partial charge >= 0.3 is 0 Å². The van der Waals surface area contributed by atoms with Crippen molar-refractivity contribution in [3.05, 3.63) is 48.1 Å². The summed E-state index contributed by atoms with van der Waals surface area (Å²) >= 11 is 0. The van der Waals surface area contributed by atoms with Crippen LogP contribution in [0.15, 0.2) is 30.9 Å². The maximum atomic E-state index is 13.5. The molecule has 116 valence electrons. The monoisotopic (exact) mass is 306 g/mol. The second-order valence-corrected chi connectivity index (χ2v) is 4.51. The van der Waals surface area contributed by atoms with Crippen molar-refractivity contribution in [2.75, 3.05) is 13.7 Å². The Hall–Kier alpha value is -2.90. The van der Waals surface area contributed by atoms with E-state index in [1.165, 1.54) is 19.5 Å². The number of aromatic amines is 1. The highest BCUT2D eigenvalue weighted by atomic mass is 19.1. The van der Waals surface area contributed by atoms with Gasteiger partial charge < -0.3 is 15.8 Å². The number of hydrogen-bond acceptors (Lipinski definition) is 4. The molecule has 0 saturated heterocycles. The summed E-state index contributed by atoms with van der Waals surface area (Å²) in [7, 11) is 3.15. The van der Waals surface area contributed by atoms with Crippen LogP contribution >= 0.6 is 0 Å². The van der Waals surface area contributed by atoms with Crippen LogP contribution in [0.2, 0.25) is 0 Å². The van der Waals surface area contributed by atoms with Gasteiger partial charge in [0.15, 0.2) is 5.82 Å². The third-order valence-corrected chi connectivity index (χ3v) is 3.08. The Morgan fingerprint density at radius 1 is 1.64 bits per heavy atom. The zero-order valence-electron chi connectivity index (χ0n) is 12.3. The van der Waals surface area contributed by atoms with Gasteiger partial charge in [0.2, 0.25) is 5.88 Å². The van der Waals surface area contributed by atoms with E-state index in [4.69, 9.17) is 10.5 Å². The van der Waals surface area contributed by atoms with Gasteiger partial charge in [-0.2, -0.15) is 0 Å². The van der Waals surface area contributed by atoms with Crippen LogP contribution in [0.25, 0.3) is 5.57 Å². The molecule has 0 aliphatic rings. The van der Waals surface area contributed by atoms with Gasteiger partial charge in [0.25, 0.3) is 11.7 Å². The molecule has 0 unspecified atom stereocenters. The molecule has 0 atom stereocenters. The van der Waals surface area contributed by atoms with Crippen LogP contribution in [0.4, 0.5) is 4.39 Å². The Balaban J connectivity index is 2.06. The number of rotatable bonds is 5. The van der Waals surface area contributed by atoms with E-state index in [2.05, 4.69) is 15.3 Å². The smallest absolute Gasteiger partial charge is 0.285 e. The van der Waals surface area contributed by atoms with E-state index < -0.39 is 11.7 Å². The Labute approximate surface area is 126 Å². The number of methoxy groups -OCH3 is 1. The maximum absolute atomic E-state index is 13.5. The summed E-state index contributed by atoms with van der Waals surface area (Å²) in [5, 5.41) is 2.66. The van der Waals surface area contributed by atoms with E-state index in [1.807, 2.05) is 17.8 Å². The van der Waals surface area contributed by atoms with E-state index in [0.717, 1.165) is 11.9 Å².